The molecule has 2 aliphatic heterocycles. The van der Waals surface area contributed by atoms with E-state index in [0.717, 1.165) is 0 Å². The first-order valence-corrected chi connectivity index (χ1v) is 7.36. The average molecular weight is 288 g/mol. The van der Waals surface area contributed by atoms with Gasteiger partial charge in [-0.25, -0.2) is 0 Å². The first-order valence-electron chi connectivity index (χ1n) is 7.36. The molecule has 0 aromatic rings. The van der Waals surface area contributed by atoms with Gasteiger partial charge in [-0.1, -0.05) is 20.8 Å². The minimum Gasteiger partial charge on any atom is -0.391 e. The summed E-state index contributed by atoms with van der Waals surface area (Å²) in [6, 6.07) is 0. The van der Waals surface area contributed by atoms with E-state index in [1.165, 1.54) is 0 Å². The molecule has 118 valence electrons. The summed E-state index contributed by atoms with van der Waals surface area (Å²) in [5.74, 6) is 0.324. The highest BCUT2D eigenvalue weighted by Gasteiger charge is 2.56. The van der Waals surface area contributed by atoms with Crippen LogP contribution in [0, 0.1) is 11.3 Å². The van der Waals surface area contributed by atoms with Crippen molar-refractivity contribution in [3.05, 3.63) is 0 Å². The first-order chi connectivity index (χ1) is 9.32. The van der Waals surface area contributed by atoms with Gasteiger partial charge in [0.05, 0.1) is 31.0 Å². The standard InChI is InChI=1S/C15H28O5/c1-10-13-12(8-18-9-19-13)20-15(4,14(10,2)3)6-11(16)7-17-5/h10-13,16H,6-9H2,1-5H3/t10-,11+,12-,13-,15-/m1/s1. The predicted molar refractivity (Wildman–Crippen MR) is 74.4 cm³/mol. The van der Waals surface area contributed by atoms with Gasteiger partial charge in [-0.05, 0) is 18.3 Å². The Morgan fingerprint density at radius 3 is 2.70 bits per heavy atom. The fourth-order valence-corrected chi connectivity index (χ4v) is 3.45. The van der Waals surface area contributed by atoms with Crippen LogP contribution in [-0.4, -0.2) is 56.1 Å². The second-order valence-electron chi connectivity index (χ2n) is 6.83. The molecule has 5 heteroatoms. The Morgan fingerprint density at radius 2 is 2.05 bits per heavy atom. The topological polar surface area (TPSA) is 57.2 Å². The Labute approximate surface area is 121 Å². The summed E-state index contributed by atoms with van der Waals surface area (Å²) >= 11 is 0. The SMILES string of the molecule is COC[C@@H](O)C[C@@]1(C)O[C@@H]2COCO[C@@H]2[C@@H](C)C1(C)C. The van der Waals surface area contributed by atoms with Gasteiger partial charge >= 0.3 is 0 Å². The lowest BCUT2D eigenvalue weighted by atomic mass is 9.61. The summed E-state index contributed by atoms with van der Waals surface area (Å²) in [4.78, 5) is 0. The number of fused-ring (bicyclic) bond motifs is 1. The summed E-state index contributed by atoms with van der Waals surface area (Å²) in [5.41, 5.74) is -0.546. The number of aliphatic hydroxyl groups is 1. The van der Waals surface area contributed by atoms with Crippen molar-refractivity contribution in [2.45, 2.75) is 58.0 Å². The van der Waals surface area contributed by atoms with Crippen LogP contribution >= 0.6 is 0 Å². The summed E-state index contributed by atoms with van der Waals surface area (Å²) in [6.07, 6.45) is 0.0119. The van der Waals surface area contributed by atoms with Crippen LogP contribution < -0.4 is 0 Å². The van der Waals surface area contributed by atoms with Crippen molar-refractivity contribution < 1.29 is 24.1 Å². The third-order valence-corrected chi connectivity index (χ3v) is 5.38. The molecule has 2 rings (SSSR count). The molecule has 2 saturated heterocycles. The molecule has 5 atom stereocenters. The van der Waals surface area contributed by atoms with E-state index in [9.17, 15) is 5.11 Å². The molecule has 2 aliphatic rings. The molecule has 5 nitrogen and oxygen atoms in total. The number of aliphatic hydroxyl groups excluding tert-OH is 1. The Kier molecular flexibility index (Phi) is 4.76. The summed E-state index contributed by atoms with van der Waals surface area (Å²) in [6.45, 7) is 9.87. The van der Waals surface area contributed by atoms with Crippen LogP contribution in [0.3, 0.4) is 0 Å². The molecule has 0 spiro atoms. The van der Waals surface area contributed by atoms with Crippen LogP contribution in [0.4, 0.5) is 0 Å². The number of hydrogen-bond donors (Lipinski definition) is 1. The molecule has 0 bridgehead atoms. The molecule has 0 saturated carbocycles. The first kappa shape index (κ1) is 16.2. The molecule has 0 aromatic carbocycles. The van der Waals surface area contributed by atoms with E-state index >= 15 is 0 Å². The third kappa shape index (κ3) is 2.74. The molecular formula is C15H28O5. The number of rotatable bonds is 4. The van der Waals surface area contributed by atoms with Crippen LogP contribution in [0.2, 0.25) is 0 Å². The van der Waals surface area contributed by atoms with E-state index in [0.29, 0.717) is 32.3 Å². The monoisotopic (exact) mass is 288 g/mol. The van der Waals surface area contributed by atoms with Gasteiger partial charge in [0.1, 0.15) is 12.9 Å². The lowest BCUT2D eigenvalue weighted by Gasteiger charge is -2.58. The number of ether oxygens (including phenoxy) is 4. The Bertz CT molecular complexity index is 332. The van der Waals surface area contributed by atoms with Crippen LogP contribution in [0.25, 0.3) is 0 Å². The zero-order valence-electron chi connectivity index (χ0n) is 13.2. The number of hydrogen-bond acceptors (Lipinski definition) is 5. The fraction of sp³-hybridized carbons (Fsp3) is 1.00. The van der Waals surface area contributed by atoms with Gasteiger partial charge in [0, 0.05) is 13.5 Å². The molecule has 0 unspecified atom stereocenters. The van der Waals surface area contributed by atoms with Crippen molar-refractivity contribution in [1.82, 2.24) is 0 Å². The van der Waals surface area contributed by atoms with Crippen molar-refractivity contribution in [2.24, 2.45) is 11.3 Å². The molecule has 0 aromatic heterocycles. The van der Waals surface area contributed by atoms with Crippen LogP contribution in [0.15, 0.2) is 0 Å². The quantitative estimate of drug-likeness (QED) is 0.851. The second-order valence-corrected chi connectivity index (χ2v) is 6.83. The van der Waals surface area contributed by atoms with Crippen LogP contribution in [0.1, 0.15) is 34.1 Å². The van der Waals surface area contributed by atoms with Gasteiger partial charge in [0.15, 0.2) is 0 Å². The van der Waals surface area contributed by atoms with E-state index in [2.05, 4.69) is 27.7 Å². The van der Waals surface area contributed by atoms with Gasteiger partial charge in [-0.2, -0.15) is 0 Å². The van der Waals surface area contributed by atoms with E-state index < -0.39 is 11.7 Å². The highest BCUT2D eigenvalue weighted by molar-refractivity contribution is 5.04. The van der Waals surface area contributed by atoms with Crippen LogP contribution in [0.5, 0.6) is 0 Å². The number of methoxy groups -OCH3 is 1. The van der Waals surface area contributed by atoms with Gasteiger partial charge in [-0.3, -0.25) is 0 Å². The molecule has 20 heavy (non-hydrogen) atoms. The smallest absolute Gasteiger partial charge is 0.147 e. The van der Waals surface area contributed by atoms with Crippen molar-refractivity contribution in [3.63, 3.8) is 0 Å². The van der Waals surface area contributed by atoms with E-state index in [1.807, 2.05) is 0 Å². The molecule has 2 fully saturated rings. The highest BCUT2D eigenvalue weighted by atomic mass is 16.7. The minimum absolute atomic E-state index is 0.0615. The molecular weight excluding hydrogens is 260 g/mol. The summed E-state index contributed by atoms with van der Waals surface area (Å²) in [5, 5.41) is 10.1. The van der Waals surface area contributed by atoms with E-state index in [4.69, 9.17) is 18.9 Å². The van der Waals surface area contributed by atoms with Gasteiger partial charge in [0.25, 0.3) is 0 Å². The maximum atomic E-state index is 10.1. The zero-order chi connectivity index (χ0) is 15.0. The highest BCUT2D eigenvalue weighted by Crippen LogP contribution is 2.51. The second kappa shape index (κ2) is 5.89. The summed E-state index contributed by atoms with van der Waals surface area (Å²) < 4.78 is 22.5. The van der Waals surface area contributed by atoms with Crippen molar-refractivity contribution in [1.29, 1.82) is 0 Å². The normalized spacial score (nSPS) is 42.0. The fourth-order valence-electron chi connectivity index (χ4n) is 3.45. The zero-order valence-corrected chi connectivity index (χ0v) is 13.2. The largest absolute Gasteiger partial charge is 0.391 e. The lowest BCUT2D eigenvalue weighted by molar-refractivity contribution is -0.319. The Hall–Kier alpha value is -0.200. The molecule has 0 radical (unpaired) electrons. The Morgan fingerprint density at radius 1 is 1.35 bits per heavy atom. The molecule has 2 heterocycles. The lowest BCUT2D eigenvalue weighted by Crippen LogP contribution is -2.64. The van der Waals surface area contributed by atoms with E-state index in [-0.39, 0.29) is 17.6 Å². The third-order valence-electron chi connectivity index (χ3n) is 5.38. The predicted octanol–water partition coefficient (Wildman–Crippen LogP) is 1.58. The minimum atomic E-state index is -0.529. The maximum absolute atomic E-state index is 10.1. The maximum Gasteiger partial charge on any atom is 0.147 e. The van der Waals surface area contributed by atoms with Gasteiger partial charge in [0.2, 0.25) is 0 Å². The molecule has 0 amide bonds. The average Bonchev–Trinajstić information content (AvgIpc) is 2.37. The van der Waals surface area contributed by atoms with Crippen molar-refractivity contribution in [3.8, 4) is 0 Å². The molecule has 0 aliphatic carbocycles. The summed E-state index contributed by atoms with van der Waals surface area (Å²) in [7, 11) is 1.60. The van der Waals surface area contributed by atoms with Gasteiger partial charge < -0.3 is 24.1 Å². The Balaban J connectivity index is 2.18. The van der Waals surface area contributed by atoms with E-state index in [1.54, 1.807) is 7.11 Å². The van der Waals surface area contributed by atoms with Crippen molar-refractivity contribution in [2.75, 3.05) is 27.1 Å². The van der Waals surface area contributed by atoms with Crippen LogP contribution in [-0.2, 0) is 18.9 Å². The van der Waals surface area contributed by atoms with Crippen molar-refractivity contribution >= 4 is 0 Å². The van der Waals surface area contributed by atoms with Gasteiger partial charge in [-0.15, -0.1) is 0 Å². The molecule has 1 N–H and O–H groups in total.